The molecule has 5 nitrogen and oxygen atoms in total. The number of carboxylic acid groups (broad SMARTS) is 1. The normalized spacial score (nSPS) is 11.7. The van der Waals surface area contributed by atoms with E-state index in [2.05, 4.69) is 21.2 Å². The van der Waals surface area contributed by atoms with E-state index >= 15 is 0 Å². The van der Waals surface area contributed by atoms with Crippen LogP contribution in [0.1, 0.15) is 19.8 Å². The van der Waals surface area contributed by atoms with Crippen LogP contribution in [0.5, 0.6) is 5.75 Å². The lowest BCUT2D eigenvalue weighted by Crippen LogP contribution is -2.38. The summed E-state index contributed by atoms with van der Waals surface area (Å²) in [5.74, 6) is -0.587. The minimum absolute atomic E-state index is 0.244. The number of amides is 1. The summed E-state index contributed by atoms with van der Waals surface area (Å²) in [6.45, 7) is 1.84. The van der Waals surface area contributed by atoms with Crippen molar-refractivity contribution in [1.82, 2.24) is 5.32 Å². The lowest BCUT2D eigenvalue weighted by atomic mass is 10.2. The molecule has 0 saturated heterocycles. The van der Waals surface area contributed by atoms with Crippen LogP contribution < -0.4 is 10.1 Å². The van der Waals surface area contributed by atoms with E-state index < -0.39 is 12.0 Å². The van der Waals surface area contributed by atoms with Crippen molar-refractivity contribution < 1.29 is 19.4 Å². The first-order valence-corrected chi connectivity index (χ1v) is 6.69. The highest BCUT2D eigenvalue weighted by molar-refractivity contribution is 9.10. The van der Waals surface area contributed by atoms with Crippen molar-refractivity contribution in [3.8, 4) is 5.75 Å². The SMILES string of the molecule is C[C@H](NC(=O)CCCOc1ccc(Br)cc1)C(=O)O. The van der Waals surface area contributed by atoms with Crippen molar-refractivity contribution in [3.63, 3.8) is 0 Å². The Labute approximate surface area is 120 Å². The minimum atomic E-state index is -1.04. The molecule has 0 radical (unpaired) electrons. The fourth-order valence-corrected chi connectivity index (χ4v) is 1.59. The highest BCUT2D eigenvalue weighted by Gasteiger charge is 2.13. The molecule has 0 saturated carbocycles. The Bertz CT molecular complexity index is 433. The molecule has 1 aromatic carbocycles. The number of carbonyl (C=O) groups excluding carboxylic acids is 1. The summed E-state index contributed by atoms with van der Waals surface area (Å²) in [5.41, 5.74) is 0. The molecule has 2 N–H and O–H groups in total. The Kier molecular flexibility index (Phi) is 6.35. The van der Waals surface area contributed by atoms with Crippen LogP contribution in [0.15, 0.2) is 28.7 Å². The smallest absolute Gasteiger partial charge is 0.325 e. The van der Waals surface area contributed by atoms with Gasteiger partial charge >= 0.3 is 5.97 Å². The Morgan fingerprint density at radius 1 is 1.37 bits per heavy atom. The minimum Gasteiger partial charge on any atom is -0.494 e. The van der Waals surface area contributed by atoms with E-state index in [-0.39, 0.29) is 12.3 Å². The first-order valence-electron chi connectivity index (χ1n) is 5.89. The zero-order valence-corrected chi connectivity index (χ0v) is 12.1. The molecular formula is C13H16BrNO4. The van der Waals surface area contributed by atoms with Crippen LogP contribution in [0, 0.1) is 0 Å². The van der Waals surface area contributed by atoms with Gasteiger partial charge in [-0.3, -0.25) is 9.59 Å². The third kappa shape index (κ3) is 6.24. The lowest BCUT2D eigenvalue weighted by Gasteiger charge is -2.09. The van der Waals surface area contributed by atoms with Crippen LogP contribution in [0.3, 0.4) is 0 Å². The molecule has 1 aromatic rings. The maximum atomic E-state index is 11.4. The standard InChI is InChI=1S/C13H16BrNO4/c1-9(13(17)18)15-12(16)3-2-8-19-11-6-4-10(14)5-7-11/h4-7,9H,2-3,8H2,1H3,(H,15,16)(H,17,18)/t9-/m0/s1. The number of carbonyl (C=O) groups is 2. The summed E-state index contributed by atoms with van der Waals surface area (Å²) in [7, 11) is 0. The van der Waals surface area contributed by atoms with Gasteiger partial charge < -0.3 is 15.2 Å². The van der Waals surface area contributed by atoms with Gasteiger partial charge in [0, 0.05) is 10.9 Å². The van der Waals surface area contributed by atoms with Crippen LogP contribution in [0.25, 0.3) is 0 Å². The number of carboxylic acids is 1. The number of rotatable bonds is 7. The number of hydrogen-bond acceptors (Lipinski definition) is 3. The molecule has 1 amide bonds. The van der Waals surface area contributed by atoms with Gasteiger partial charge in [-0.2, -0.15) is 0 Å². The summed E-state index contributed by atoms with van der Waals surface area (Å²) >= 11 is 3.32. The zero-order chi connectivity index (χ0) is 14.3. The third-order valence-corrected chi connectivity index (χ3v) is 2.91. The number of aliphatic carboxylic acids is 1. The Morgan fingerprint density at radius 3 is 2.58 bits per heavy atom. The largest absolute Gasteiger partial charge is 0.494 e. The number of ether oxygens (including phenoxy) is 1. The third-order valence-electron chi connectivity index (χ3n) is 2.38. The first kappa shape index (κ1) is 15.5. The lowest BCUT2D eigenvalue weighted by molar-refractivity contribution is -0.141. The molecule has 19 heavy (non-hydrogen) atoms. The van der Waals surface area contributed by atoms with Crippen molar-refractivity contribution in [2.24, 2.45) is 0 Å². The van der Waals surface area contributed by atoms with Gasteiger partial charge in [-0.1, -0.05) is 15.9 Å². The van der Waals surface area contributed by atoms with Gasteiger partial charge in [-0.25, -0.2) is 0 Å². The van der Waals surface area contributed by atoms with Crippen LogP contribution >= 0.6 is 15.9 Å². The maximum Gasteiger partial charge on any atom is 0.325 e. The van der Waals surface area contributed by atoms with Gasteiger partial charge in [-0.05, 0) is 37.6 Å². The van der Waals surface area contributed by atoms with Crippen LogP contribution in [0.2, 0.25) is 0 Å². The van der Waals surface area contributed by atoms with Gasteiger partial charge in [0.05, 0.1) is 6.61 Å². The molecule has 0 aliphatic heterocycles. The van der Waals surface area contributed by atoms with Crippen molar-refractivity contribution >= 4 is 27.8 Å². The monoisotopic (exact) mass is 329 g/mol. The van der Waals surface area contributed by atoms with Crippen LogP contribution in [-0.2, 0) is 9.59 Å². The molecule has 1 rings (SSSR count). The predicted octanol–water partition coefficient (Wildman–Crippen LogP) is 2.20. The van der Waals surface area contributed by atoms with Crippen molar-refractivity contribution in [1.29, 1.82) is 0 Å². The van der Waals surface area contributed by atoms with Crippen LogP contribution in [-0.4, -0.2) is 29.6 Å². The van der Waals surface area contributed by atoms with Gasteiger partial charge in [0.15, 0.2) is 0 Å². The fraction of sp³-hybridized carbons (Fsp3) is 0.385. The van der Waals surface area contributed by atoms with E-state index in [1.165, 1.54) is 6.92 Å². The summed E-state index contributed by atoms with van der Waals surface area (Å²) in [6.07, 6.45) is 0.780. The molecule has 104 valence electrons. The molecule has 0 unspecified atom stereocenters. The Hall–Kier alpha value is -1.56. The second-order valence-corrected chi connectivity index (χ2v) is 4.95. The molecule has 1 atom stereocenters. The molecule has 0 aliphatic carbocycles. The summed E-state index contributed by atoms with van der Waals surface area (Å²) in [5, 5.41) is 11.0. The average molecular weight is 330 g/mol. The summed E-state index contributed by atoms with van der Waals surface area (Å²) in [4.78, 5) is 21.9. The van der Waals surface area contributed by atoms with E-state index in [1.807, 2.05) is 24.3 Å². The average Bonchev–Trinajstić information content (AvgIpc) is 2.36. The summed E-state index contributed by atoms with van der Waals surface area (Å²) < 4.78 is 6.42. The number of hydrogen-bond donors (Lipinski definition) is 2. The van der Waals surface area contributed by atoms with Gasteiger partial charge in [-0.15, -0.1) is 0 Å². The quantitative estimate of drug-likeness (QED) is 0.752. The second-order valence-electron chi connectivity index (χ2n) is 4.03. The highest BCUT2D eigenvalue weighted by Crippen LogP contribution is 2.16. The molecule has 0 aromatic heterocycles. The van der Waals surface area contributed by atoms with E-state index in [9.17, 15) is 9.59 Å². The van der Waals surface area contributed by atoms with Crippen molar-refractivity contribution in [2.45, 2.75) is 25.8 Å². The highest BCUT2D eigenvalue weighted by atomic mass is 79.9. The first-order chi connectivity index (χ1) is 8.99. The summed E-state index contributed by atoms with van der Waals surface area (Å²) in [6, 6.07) is 6.54. The van der Waals surface area contributed by atoms with E-state index in [0.29, 0.717) is 13.0 Å². The molecule has 0 fully saturated rings. The van der Waals surface area contributed by atoms with Crippen molar-refractivity contribution in [2.75, 3.05) is 6.61 Å². The van der Waals surface area contributed by atoms with Gasteiger partial charge in [0.1, 0.15) is 11.8 Å². The molecular weight excluding hydrogens is 314 g/mol. The molecule has 6 heteroatoms. The van der Waals surface area contributed by atoms with E-state index in [4.69, 9.17) is 9.84 Å². The molecule has 0 bridgehead atoms. The van der Waals surface area contributed by atoms with Crippen molar-refractivity contribution in [3.05, 3.63) is 28.7 Å². The molecule has 0 heterocycles. The Balaban J connectivity index is 2.18. The maximum absolute atomic E-state index is 11.4. The predicted molar refractivity (Wildman–Crippen MR) is 74.1 cm³/mol. The molecule has 0 spiro atoms. The second kappa shape index (κ2) is 7.78. The Morgan fingerprint density at radius 2 is 2.00 bits per heavy atom. The number of benzene rings is 1. The van der Waals surface area contributed by atoms with Gasteiger partial charge in [0.2, 0.25) is 5.91 Å². The topological polar surface area (TPSA) is 75.6 Å². The number of halogens is 1. The van der Waals surface area contributed by atoms with E-state index in [1.54, 1.807) is 0 Å². The zero-order valence-electron chi connectivity index (χ0n) is 10.6. The van der Waals surface area contributed by atoms with Gasteiger partial charge in [0.25, 0.3) is 0 Å². The molecule has 0 aliphatic rings. The number of nitrogens with one attached hydrogen (secondary N) is 1. The van der Waals surface area contributed by atoms with E-state index in [0.717, 1.165) is 10.2 Å². The van der Waals surface area contributed by atoms with Crippen LogP contribution in [0.4, 0.5) is 0 Å². The fourth-order valence-electron chi connectivity index (χ4n) is 1.33.